The fraction of sp³-hybridized carbons (Fsp3) is 1.00. The van der Waals surface area contributed by atoms with E-state index in [2.05, 4.69) is 0 Å². The van der Waals surface area contributed by atoms with Gasteiger partial charge in [0.25, 0.3) is 0 Å². The number of alkyl halides is 3. The standard InChI is InChI=1S/C5H10F3NO2S/c1-12(10,11)9-4-2-3-5(6,7)8/h9H,2-4H2,1H3. The molecule has 0 aliphatic heterocycles. The van der Waals surface area contributed by atoms with Crippen molar-refractivity contribution in [3.63, 3.8) is 0 Å². The van der Waals surface area contributed by atoms with E-state index >= 15 is 0 Å². The molecule has 1 N–H and O–H groups in total. The molecule has 3 nitrogen and oxygen atoms in total. The highest BCUT2D eigenvalue weighted by Gasteiger charge is 2.25. The number of sulfonamides is 1. The van der Waals surface area contributed by atoms with Crippen molar-refractivity contribution in [2.24, 2.45) is 0 Å². The average Bonchev–Trinajstić information content (AvgIpc) is 1.76. The highest BCUT2D eigenvalue weighted by Crippen LogP contribution is 2.20. The van der Waals surface area contributed by atoms with Crippen LogP contribution in [0.4, 0.5) is 13.2 Å². The molecule has 74 valence electrons. The second-order valence-corrected chi connectivity index (χ2v) is 4.22. The Balaban J connectivity index is 3.48. The molecular weight excluding hydrogens is 195 g/mol. The van der Waals surface area contributed by atoms with Crippen LogP contribution in [0.2, 0.25) is 0 Å². The van der Waals surface area contributed by atoms with Crippen LogP contribution in [-0.4, -0.2) is 27.4 Å². The number of hydrogen-bond donors (Lipinski definition) is 1. The van der Waals surface area contributed by atoms with Gasteiger partial charge < -0.3 is 0 Å². The summed E-state index contributed by atoms with van der Waals surface area (Å²) in [4.78, 5) is 0. The summed E-state index contributed by atoms with van der Waals surface area (Å²) in [5, 5.41) is 0. The van der Waals surface area contributed by atoms with Crippen molar-refractivity contribution in [1.29, 1.82) is 0 Å². The lowest BCUT2D eigenvalue weighted by molar-refractivity contribution is -0.135. The molecule has 0 aromatic heterocycles. The summed E-state index contributed by atoms with van der Waals surface area (Å²) < 4.78 is 57.2. The third-order valence-electron chi connectivity index (χ3n) is 1.00. The monoisotopic (exact) mass is 205 g/mol. The van der Waals surface area contributed by atoms with Gasteiger partial charge in [-0.05, 0) is 6.42 Å². The summed E-state index contributed by atoms with van der Waals surface area (Å²) in [5.74, 6) is 0. The Kier molecular flexibility index (Phi) is 3.98. The SMILES string of the molecule is CS(=O)(=O)NCCCC(F)(F)F. The summed E-state index contributed by atoms with van der Waals surface area (Å²) >= 11 is 0. The Morgan fingerprint density at radius 2 is 1.83 bits per heavy atom. The van der Waals surface area contributed by atoms with Crippen LogP contribution in [-0.2, 0) is 10.0 Å². The van der Waals surface area contributed by atoms with Crippen LogP contribution in [0.5, 0.6) is 0 Å². The molecule has 0 rings (SSSR count). The first-order valence-corrected chi connectivity index (χ1v) is 5.11. The molecule has 0 radical (unpaired) electrons. The van der Waals surface area contributed by atoms with Gasteiger partial charge in [0.05, 0.1) is 6.26 Å². The van der Waals surface area contributed by atoms with Crippen molar-refractivity contribution in [3.05, 3.63) is 0 Å². The van der Waals surface area contributed by atoms with Gasteiger partial charge in [-0.2, -0.15) is 13.2 Å². The summed E-state index contributed by atoms with van der Waals surface area (Å²) in [6.07, 6.45) is -4.49. The third-order valence-corrected chi connectivity index (χ3v) is 1.73. The van der Waals surface area contributed by atoms with Gasteiger partial charge in [0.1, 0.15) is 0 Å². The Hall–Kier alpha value is -0.300. The Bertz CT molecular complexity index is 221. The molecule has 0 aromatic carbocycles. The van der Waals surface area contributed by atoms with E-state index in [9.17, 15) is 21.6 Å². The van der Waals surface area contributed by atoms with Crippen LogP contribution < -0.4 is 4.72 Å². The lowest BCUT2D eigenvalue weighted by Gasteiger charge is -2.05. The lowest BCUT2D eigenvalue weighted by atomic mass is 10.3. The fourth-order valence-electron chi connectivity index (χ4n) is 0.546. The largest absolute Gasteiger partial charge is 0.389 e. The highest BCUT2D eigenvalue weighted by atomic mass is 32.2. The zero-order chi connectivity index (χ0) is 9.83. The van der Waals surface area contributed by atoms with Gasteiger partial charge in [0.2, 0.25) is 10.0 Å². The molecule has 12 heavy (non-hydrogen) atoms. The minimum absolute atomic E-state index is 0.168. The van der Waals surface area contributed by atoms with Crippen LogP contribution in [0.25, 0.3) is 0 Å². The summed E-state index contributed by atoms with van der Waals surface area (Å²) in [7, 11) is -3.36. The van der Waals surface area contributed by atoms with Gasteiger partial charge in [-0.3, -0.25) is 0 Å². The molecule has 0 fully saturated rings. The van der Waals surface area contributed by atoms with E-state index in [1.165, 1.54) is 0 Å². The van der Waals surface area contributed by atoms with E-state index in [1.54, 1.807) is 0 Å². The zero-order valence-corrected chi connectivity index (χ0v) is 7.30. The van der Waals surface area contributed by atoms with Crippen LogP contribution in [0, 0.1) is 0 Å². The molecule has 0 aliphatic carbocycles. The first kappa shape index (κ1) is 11.7. The van der Waals surface area contributed by atoms with E-state index < -0.39 is 22.6 Å². The van der Waals surface area contributed by atoms with Gasteiger partial charge in [0.15, 0.2) is 0 Å². The molecule has 0 saturated heterocycles. The minimum Gasteiger partial charge on any atom is -0.215 e. The summed E-state index contributed by atoms with van der Waals surface area (Å²) in [6.45, 7) is -0.168. The van der Waals surface area contributed by atoms with Crippen molar-refractivity contribution >= 4 is 10.0 Å². The maximum atomic E-state index is 11.5. The first-order valence-electron chi connectivity index (χ1n) is 3.22. The van der Waals surface area contributed by atoms with Crippen LogP contribution in [0.1, 0.15) is 12.8 Å². The Labute approximate surface area is 69.0 Å². The van der Waals surface area contributed by atoms with E-state index in [1.807, 2.05) is 4.72 Å². The maximum Gasteiger partial charge on any atom is 0.389 e. The van der Waals surface area contributed by atoms with Crippen molar-refractivity contribution in [2.45, 2.75) is 19.0 Å². The number of rotatable bonds is 4. The minimum atomic E-state index is -4.21. The molecule has 0 amide bonds. The molecule has 0 heterocycles. The fourth-order valence-corrected chi connectivity index (χ4v) is 1.06. The summed E-state index contributed by atoms with van der Waals surface area (Å²) in [5.41, 5.74) is 0. The Morgan fingerprint density at radius 1 is 1.33 bits per heavy atom. The first-order chi connectivity index (χ1) is 5.21. The molecule has 0 atom stereocenters. The zero-order valence-electron chi connectivity index (χ0n) is 6.48. The maximum absolute atomic E-state index is 11.5. The highest BCUT2D eigenvalue weighted by molar-refractivity contribution is 7.88. The molecule has 0 spiro atoms. The van der Waals surface area contributed by atoms with Crippen molar-refractivity contribution in [3.8, 4) is 0 Å². The predicted molar refractivity (Wildman–Crippen MR) is 38.1 cm³/mol. The third kappa shape index (κ3) is 9.70. The predicted octanol–water partition coefficient (Wildman–Crippen LogP) is 0.878. The van der Waals surface area contributed by atoms with E-state index in [0.717, 1.165) is 6.26 Å². The Morgan fingerprint density at radius 3 is 2.17 bits per heavy atom. The normalized spacial score (nSPS) is 13.3. The van der Waals surface area contributed by atoms with Crippen LogP contribution in [0.3, 0.4) is 0 Å². The van der Waals surface area contributed by atoms with Crippen molar-refractivity contribution in [2.75, 3.05) is 12.8 Å². The van der Waals surface area contributed by atoms with E-state index in [0.29, 0.717) is 0 Å². The van der Waals surface area contributed by atoms with Crippen LogP contribution in [0.15, 0.2) is 0 Å². The van der Waals surface area contributed by atoms with Gasteiger partial charge in [-0.25, -0.2) is 13.1 Å². The van der Waals surface area contributed by atoms with Gasteiger partial charge in [0, 0.05) is 13.0 Å². The lowest BCUT2D eigenvalue weighted by Crippen LogP contribution is -2.24. The number of halogens is 3. The molecule has 0 aromatic rings. The van der Waals surface area contributed by atoms with Gasteiger partial charge >= 0.3 is 6.18 Å². The molecule has 0 unspecified atom stereocenters. The second kappa shape index (κ2) is 4.08. The number of nitrogens with one attached hydrogen (secondary N) is 1. The molecular formula is C5H10F3NO2S. The molecule has 0 saturated carbocycles. The van der Waals surface area contributed by atoms with Gasteiger partial charge in [-0.1, -0.05) is 0 Å². The molecule has 0 bridgehead atoms. The van der Waals surface area contributed by atoms with Crippen LogP contribution >= 0.6 is 0 Å². The molecule has 0 aliphatic rings. The van der Waals surface area contributed by atoms with Crippen molar-refractivity contribution < 1.29 is 21.6 Å². The number of hydrogen-bond acceptors (Lipinski definition) is 2. The van der Waals surface area contributed by atoms with E-state index in [4.69, 9.17) is 0 Å². The van der Waals surface area contributed by atoms with Crippen molar-refractivity contribution in [1.82, 2.24) is 4.72 Å². The smallest absolute Gasteiger partial charge is 0.215 e. The quantitative estimate of drug-likeness (QED) is 0.692. The molecule has 7 heteroatoms. The topological polar surface area (TPSA) is 46.2 Å². The van der Waals surface area contributed by atoms with Gasteiger partial charge in [-0.15, -0.1) is 0 Å². The van der Waals surface area contributed by atoms with E-state index in [-0.39, 0.29) is 13.0 Å². The summed E-state index contributed by atoms with van der Waals surface area (Å²) in [6, 6.07) is 0. The average molecular weight is 205 g/mol. The second-order valence-electron chi connectivity index (χ2n) is 2.39.